The average molecular weight is 284 g/mol. The fourth-order valence-corrected chi connectivity index (χ4v) is 2.17. The zero-order valence-corrected chi connectivity index (χ0v) is 12.4. The molecule has 2 N–H and O–H groups in total. The van der Waals surface area contributed by atoms with Gasteiger partial charge in [0.05, 0.1) is 5.92 Å². The molecular formula is C13H24N4O3. The number of rotatable bonds is 3. The van der Waals surface area contributed by atoms with Gasteiger partial charge in [-0.3, -0.25) is 14.4 Å². The lowest BCUT2D eigenvalue weighted by Gasteiger charge is -2.24. The van der Waals surface area contributed by atoms with Gasteiger partial charge in [0.2, 0.25) is 5.91 Å². The molecule has 1 fully saturated rings. The number of amides is 3. The lowest BCUT2D eigenvalue weighted by molar-refractivity contribution is -0.151. The van der Waals surface area contributed by atoms with E-state index >= 15 is 0 Å². The van der Waals surface area contributed by atoms with Crippen LogP contribution in [0.15, 0.2) is 0 Å². The van der Waals surface area contributed by atoms with Crippen molar-refractivity contribution < 1.29 is 14.4 Å². The van der Waals surface area contributed by atoms with Gasteiger partial charge in [0, 0.05) is 40.3 Å². The second-order valence-corrected chi connectivity index (χ2v) is 5.10. The standard InChI is InChI=1S/C13H24N4O3/c1-10(11(18)14-2)9-16(3)12(19)13(20)17-7-4-5-15-6-8-17/h10,15H,4-9H2,1-3H3,(H,14,18). The summed E-state index contributed by atoms with van der Waals surface area (Å²) in [5.74, 6) is -1.52. The van der Waals surface area contributed by atoms with Crippen LogP contribution >= 0.6 is 0 Å². The van der Waals surface area contributed by atoms with Crippen LogP contribution < -0.4 is 10.6 Å². The summed E-state index contributed by atoms with van der Waals surface area (Å²) in [5, 5.41) is 5.71. The summed E-state index contributed by atoms with van der Waals surface area (Å²) in [6, 6.07) is 0. The van der Waals surface area contributed by atoms with Crippen LogP contribution in [0, 0.1) is 5.92 Å². The summed E-state index contributed by atoms with van der Waals surface area (Å²) in [7, 11) is 3.10. The molecule has 0 aromatic carbocycles. The first-order chi connectivity index (χ1) is 9.47. The molecule has 1 saturated heterocycles. The maximum atomic E-state index is 12.1. The third kappa shape index (κ3) is 4.48. The normalized spacial score (nSPS) is 17.1. The van der Waals surface area contributed by atoms with E-state index in [1.165, 1.54) is 4.90 Å². The zero-order valence-electron chi connectivity index (χ0n) is 12.4. The second kappa shape index (κ2) is 7.84. The van der Waals surface area contributed by atoms with Crippen LogP contribution in [0.3, 0.4) is 0 Å². The third-order valence-electron chi connectivity index (χ3n) is 3.40. The number of hydrogen-bond donors (Lipinski definition) is 2. The molecule has 1 aliphatic heterocycles. The average Bonchev–Trinajstić information content (AvgIpc) is 2.73. The van der Waals surface area contributed by atoms with E-state index in [2.05, 4.69) is 10.6 Å². The van der Waals surface area contributed by atoms with Crippen molar-refractivity contribution in [2.24, 2.45) is 5.92 Å². The van der Waals surface area contributed by atoms with Gasteiger partial charge >= 0.3 is 11.8 Å². The van der Waals surface area contributed by atoms with Crippen molar-refractivity contribution in [3.8, 4) is 0 Å². The van der Waals surface area contributed by atoms with Crippen molar-refractivity contribution in [3.63, 3.8) is 0 Å². The number of carbonyl (C=O) groups excluding carboxylic acids is 3. The molecule has 3 amide bonds. The smallest absolute Gasteiger partial charge is 0.312 e. The van der Waals surface area contributed by atoms with E-state index in [1.54, 1.807) is 25.9 Å². The van der Waals surface area contributed by atoms with Gasteiger partial charge in [0.25, 0.3) is 0 Å². The Hall–Kier alpha value is -1.63. The highest BCUT2D eigenvalue weighted by Crippen LogP contribution is 2.03. The van der Waals surface area contributed by atoms with Crippen molar-refractivity contribution in [2.45, 2.75) is 13.3 Å². The van der Waals surface area contributed by atoms with Crippen LogP contribution in [0.4, 0.5) is 0 Å². The molecule has 0 saturated carbocycles. The van der Waals surface area contributed by atoms with E-state index in [-0.39, 0.29) is 18.4 Å². The lowest BCUT2D eigenvalue weighted by atomic mass is 10.1. The molecule has 0 radical (unpaired) electrons. The van der Waals surface area contributed by atoms with E-state index in [9.17, 15) is 14.4 Å². The predicted octanol–water partition coefficient (Wildman–Crippen LogP) is -1.35. The van der Waals surface area contributed by atoms with Crippen molar-refractivity contribution in [1.29, 1.82) is 0 Å². The highest BCUT2D eigenvalue weighted by Gasteiger charge is 2.27. The summed E-state index contributed by atoms with van der Waals surface area (Å²) in [5.41, 5.74) is 0. The molecule has 1 heterocycles. The zero-order chi connectivity index (χ0) is 15.1. The van der Waals surface area contributed by atoms with Crippen molar-refractivity contribution in [3.05, 3.63) is 0 Å². The molecule has 0 aromatic rings. The fourth-order valence-electron chi connectivity index (χ4n) is 2.17. The molecule has 1 aliphatic rings. The largest absolute Gasteiger partial charge is 0.359 e. The molecule has 1 rings (SSSR count). The molecular weight excluding hydrogens is 260 g/mol. The summed E-state index contributed by atoms with van der Waals surface area (Å²) in [6.07, 6.45) is 0.845. The maximum absolute atomic E-state index is 12.1. The van der Waals surface area contributed by atoms with Gasteiger partial charge in [-0.05, 0) is 13.0 Å². The van der Waals surface area contributed by atoms with Gasteiger partial charge in [-0.15, -0.1) is 0 Å². The van der Waals surface area contributed by atoms with Gasteiger partial charge in [-0.1, -0.05) is 6.92 Å². The maximum Gasteiger partial charge on any atom is 0.312 e. The van der Waals surface area contributed by atoms with Crippen LogP contribution in [0.2, 0.25) is 0 Å². The highest BCUT2D eigenvalue weighted by atomic mass is 16.2. The number of likely N-dealkylation sites (N-methyl/N-ethyl adjacent to an activating group) is 1. The number of nitrogens with zero attached hydrogens (tertiary/aromatic N) is 2. The molecule has 0 spiro atoms. The van der Waals surface area contributed by atoms with E-state index in [4.69, 9.17) is 0 Å². The van der Waals surface area contributed by atoms with Gasteiger partial charge in [-0.25, -0.2) is 0 Å². The summed E-state index contributed by atoms with van der Waals surface area (Å²) < 4.78 is 0. The second-order valence-electron chi connectivity index (χ2n) is 5.10. The SMILES string of the molecule is CNC(=O)C(C)CN(C)C(=O)C(=O)N1CCCNCC1. The van der Waals surface area contributed by atoms with Crippen molar-refractivity contribution in [1.82, 2.24) is 20.4 Å². The van der Waals surface area contributed by atoms with Gasteiger partial charge in [0.15, 0.2) is 0 Å². The van der Waals surface area contributed by atoms with E-state index in [0.29, 0.717) is 19.6 Å². The van der Waals surface area contributed by atoms with Crippen LogP contribution in [0.5, 0.6) is 0 Å². The summed E-state index contributed by atoms with van der Waals surface area (Å²) >= 11 is 0. The van der Waals surface area contributed by atoms with Gasteiger partial charge in [0.1, 0.15) is 0 Å². The minimum absolute atomic E-state index is 0.143. The van der Waals surface area contributed by atoms with Crippen LogP contribution in [-0.2, 0) is 14.4 Å². The minimum Gasteiger partial charge on any atom is -0.359 e. The Morgan fingerprint density at radius 2 is 2.00 bits per heavy atom. The summed E-state index contributed by atoms with van der Waals surface area (Å²) in [6.45, 7) is 4.66. The molecule has 114 valence electrons. The number of hydrogen-bond acceptors (Lipinski definition) is 4. The van der Waals surface area contributed by atoms with Crippen molar-refractivity contribution >= 4 is 17.7 Å². The van der Waals surface area contributed by atoms with Crippen molar-refractivity contribution in [2.75, 3.05) is 46.8 Å². The molecule has 0 bridgehead atoms. The molecule has 7 nitrogen and oxygen atoms in total. The lowest BCUT2D eigenvalue weighted by Crippen LogP contribution is -2.47. The van der Waals surface area contributed by atoms with Crippen LogP contribution in [0.1, 0.15) is 13.3 Å². The van der Waals surface area contributed by atoms with E-state index in [0.717, 1.165) is 13.0 Å². The van der Waals surface area contributed by atoms with Crippen LogP contribution in [-0.4, -0.2) is 74.3 Å². The monoisotopic (exact) mass is 284 g/mol. The Balaban J connectivity index is 2.54. The van der Waals surface area contributed by atoms with E-state index in [1.807, 2.05) is 0 Å². The first-order valence-electron chi connectivity index (χ1n) is 6.94. The molecule has 7 heteroatoms. The first kappa shape index (κ1) is 16.4. The van der Waals surface area contributed by atoms with E-state index < -0.39 is 11.8 Å². The number of nitrogens with one attached hydrogen (secondary N) is 2. The Kier molecular flexibility index (Phi) is 6.44. The van der Waals surface area contributed by atoms with Gasteiger partial charge < -0.3 is 20.4 Å². The Morgan fingerprint density at radius 3 is 2.65 bits per heavy atom. The quantitative estimate of drug-likeness (QED) is 0.628. The molecule has 1 atom stereocenters. The third-order valence-corrected chi connectivity index (χ3v) is 3.40. The van der Waals surface area contributed by atoms with Gasteiger partial charge in [-0.2, -0.15) is 0 Å². The Bertz CT molecular complexity index is 365. The van der Waals surface area contributed by atoms with Crippen LogP contribution in [0.25, 0.3) is 0 Å². The minimum atomic E-state index is -0.553. The Labute approximate surface area is 119 Å². The first-order valence-corrected chi connectivity index (χ1v) is 6.94. The highest BCUT2D eigenvalue weighted by molar-refractivity contribution is 6.34. The molecule has 1 unspecified atom stereocenters. The molecule has 20 heavy (non-hydrogen) atoms. The fraction of sp³-hybridized carbons (Fsp3) is 0.769. The Morgan fingerprint density at radius 1 is 1.30 bits per heavy atom. The molecule has 0 aliphatic carbocycles. The topological polar surface area (TPSA) is 81.8 Å². The predicted molar refractivity (Wildman–Crippen MR) is 74.9 cm³/mol. The summed E-state index contributed by atoms with van der Waals surface area (Å²) in [4.78, 5) is 38.5. The number of carbonyl (C=O) groups is 3. The molecule has 0 aromatic heterocycles.